The van der Waals surface area contributed by atoms with Crippen molar-refractivity contribution in [2.45, 2.75) is 57.4 Å². The largest absolute Gasteiger partial charge is 0.416 e. The van der Waals surface area contributed by atoms with E-state index in [2.05, 4.69) is 20.8 Å². The van der Waals surface area contributed by atoms with E-state index < -0.39 is 17.0 Å². The number of benzene rings is 2. The first-order valence-corrected chi connectivity index (χ1v) is 11.3. The Labute approximate surface area is 195 Å². The van der Waals surface area contributed by atoms with Gasteiger partial charge in [-0.15, -0.1) is 10.2 Å². The SMILES string of the molecule is CCn1c(CNc2cccc(C(F)(F)F)c2)nnc1SC(C)C(=O)Nc1c(C)cccc1C. The van der Waals surface area contributed by atoms with Crippen LogP contribution in [-0.2, 0) is 24.1 Å². The molecule has 1 aromatic heterocycles. The van der Waals surface area contributed by atoms with E-state index in [9.17, 15) is 18.0 Å². The van der Waals surface area contributed by atoms with Crippen LogP contribution >= 0.6 is 11.8 Å². The van der Waals surface area contributed by atoms with Crippen LogP contribution in [0.2, 0.25) is 0 Å². The fraction of sp³-hybridized carbons (Fsp3) is 0.348. The van der Waals surface area contributed by atoms with Gasteiger partial charge >= 0.3 is 6.18 Å². The number of carbonyl (C=O) groups is 1. The van der Waals surface area contributed by atoms with Gasteiger partial charge in [-0.25, -0.2) is 0 Å². The van der Waals surface area contributed by atoms with Gasteiger partial charge in [0.15, 0.2) is 11.0 Å². The van der Waals surface area contributed by atoms with E-state index >= 15 is 0 Å². The molecular weight excluding hydrogens is 451 g/mol. The van der Waals surface area contributed by atoms with Crippen molar-refractivity contribution in [3.63, 3.8) is 0 Å². The number of aryl methyl sites for hydroxylation is 2. The molecule has 10 heteroatoms. The van der Waals surface area contributed by atoms with E-state index in [-0.39, 0.29) is 12.5 Å². The number of halogens is 3. The molecule has 0 spiro atoms. The van der Waals surface area contributed by atoms with Crippen molar-refractivity contribution in [1.29, 1.82) is 0 Å². The number of nitrogens with one attached hydrogen (secondary N) is 2. The highest BCUT2D eigenvalue weighted by Gasteiger charge is 2.30. The summed E-state index contributed by atoms with van der Waals surface area (Å²) in [7, 11) is 0. The predicted molar refractivity (Wildman–Crippen MR) is 124 cm³/mol. The van der Waals surface area contributed by atoms with E-state index in [1.807, 2.05) is 43.5 Å². The molecule has 1 unspecified atom stereocenters. The van der Waals surface area contributed by atoms with Crippen LogP contribution in [0.4, 0.5) is 24.5 Å². The maximum Gasteiger partial charge on any atom is 0.416 e. The average molecular weight is 478 g/mol. The summed E-state index contributed by atoms with van der Waals surface area (Å²) in [6, 6.07) is 10.8. The van der Waals surface area contributed by atoms with E-state index in [0.29, 0.717) is 23.2 Å². The summed E-state index contributed by atoms with van der Waals surface area (Å²) >= 11 is 1.28. The number of carbonyl (C=O) groups excluding carboxylic acids is 1. The Hall–Kier alpha value is -3.01. The molecule has 2 N–H and O–H groups in total. The van der Waals surface area contributed by atoms with Gasteiger partial charge in [0.05, 0.1) is 17.4 Å². The second kappa shape index (κ2) is 10.3. The Bertz CT molecular complexity index is 1110. The number of aromatic nitrogens is 3. The van der Waals surface area contributed by atoms with Crippen molar-refractivity contribution in [2.24, 2.45) is 0 Å². The summed E-state index contributed by atoms with van der Waals surface area (Å²) in [5.41, 5.74) is 2.40. The molecule has 0 bridgehead atoms. The van der Waals surface area contributed by atoms with Gasteiger partial charge in [0.2, 0.25) is 5.91 Å². The van der Waals surface area contributed by atoms with Gasteiger partial charge in [-0.1, -0.05) is 36.0 Å². The van der Waals surface area contributed by atoms with Crippen LogP contribution in [0, 0.1) is 13.8 Å². The first kappa shape index (κ1) is 24.6. The molecule has 0 aliphatic rings. The summed E-state index contributed by atoms with van der Waals surface area (Å²) in [5.74, 6) is 0.423. The number of alkyl halides is 3. The molecule has 0 saturated heterocycles. The van der Waals surface area contributed by atoms with Crippen molar-refractivity contribution in [2.75, 3.05) is 10.6 Å². The second-order valence-corrected chi connectivity index (χ2v) is 8.90. The van der Waals surface area contributed by atoms with Crippen LogP contribution in [0.1, 0.15) is 36.4 Å². The Kier molecular flexibility index (Phi) is 7.68. The predicted octanol–water partition coefficient (Wildman–Crippen LogP) is 5.67. The molecule has 3 rings (SSSR count). The van der Waals surface area contributed by atoms with Gasteiger partial charge in [0.25, 0.3) is 0 Å². The summed E-state index contributed by atoms with van der Waals surface area (Å²) < 4.78 is 40.6. The van der Waals surface area contributed by atoms with Crippen molar-refractivity contribution in [3.8, 4) is 0 Å². The lowest BCUT2D eigenvalue weighted by atomic mass is 10.1. The van der Waals surface area contributed by atoms with Gasteiger partial charge in [0.1, 0.15) is 0 Å². The number of nitrogens with zero attached hydrogens (tertiary/aromatic N) is 3. The van der Waals surface area contributed by atoms with Crippen LogP contribution in [-0.4, -0.2) is 25.9 Å². The zero-order valence-electron chi connectivity index (χ0n) is 18.8. The minimum atomic E-state index is -4.40. The normalized spacial score (nSPS) is 12.5. The van der Waals surface area contributed by atoms with Gasteiger partial charge in [-0.05, 0) is 57.0 Å². The summed E-state index contributed by atoms with van der Waals surface area (Å²) in [5, 5.41) is 14.5. The molecule has 1 amide bonds. The third-order valence-corrected chi connectivity index (χ3v) is 6.21. The van der Waals surface area contributed by atoms with Crippen LogP contribution in [0.25, 0.3) is 0 Å². The van der Waals surface area contributed by atoms with E-state index in [4.69, 9.17) is 0 Å². The molecule has 3 aromatic rings. The Morgan fingerprint density at radius 2 is 1.79 bits per heavy atom. The van der Waals surface area contributed by atoms with E-state index in [0.717, 1.165) is 28.9 Å². The molecule has 1 atom stereocenters. The van der Waals surface area contributed by atoms with Crippen molar-refractivity contribution < 1.29 is 18.0 Å². The van der Waals surface area contributed by atoms with Crippen molar-refractivity contribution >= 4 is 29.0 Å². The Balaban J connectivity index is 1.67. The van der Waals surface area contributed by atoms with E-state index in [1.54, 1.807) is 13.0 Å². The summed E-state index contributed by atoms with van der Waals surface area (Å²) in [6.07, 6.45) is -4.40. The lowest BCUT2D eigenvalue weighted by molar-refractivity contribution is -0.137. The quantitative estimate of drug-likeness (QED) is 0.410. The number of hydrogen-bond acceptors (Lipinski definition) is 5. The first-order chi connectivity index (χ1) is 15.6. The van der Waals surface area contributed by atoms with Crippen LogP contribution in [0.15, 0.2) is 47.6 Å². The molecule has 1 heterocycles. The minimum Gasteiger partial charge on any atom is -0.378 e. The zero-order valence-corrected chi connectivity index (χ0v) is 19.6. The highest BCUT2D eigenvalue weighted by molar-refractivity contribution is 8.00. The zero-order chi connectivity index (χ0) is 24.2. The number of amides is 1. The molecule has 6 nitrogen and oxygen atoms in total. The number of thioether (sulfide) groups is 1. The van der Waals surface area contributed by atoms with Crippen molar-refractivity contribution in [1.82, 2.24) is 14.8 Å². The number of anilines is 2. The van der Waals surface area contributed by atoms with E-state index in [1.165, 1.54) is 17.8 Å². The fourth-order valence-electron chi connectivity index (χ4n) is 3.29. The third-order valence-electron chi connectivity index (χ3n) is 5.13. The number of hydrogen-bond donors (Lipinski definition) is 2. The summed E-state index contributed by atoms with van der Waals surface area (Å²) in [4.78, 5) is 12.8. The second-order valence-electron chi connectivity index (χ2n) is 7.59. The molecule has 0 aliphatic carbocycles. The van der Waals surface area contributed by atoms with Crippen molar-refractivity contribution in [3.05, 3.63) is 65.0 Å². The first-order valence-electron chi connectivity index (χ1n) is 10.5. The van der Waals surface area contributed by atoms with Gasteiger partial charge < -0.3 is 15.2 Å². The molecule has 0 radical (unpaired) electrons. The molecule has 0 saturated carbocycles. The highest BCUT2D eigenvalue weighted by atomic mass is 32.2. The average Bonchev–Trinajstić information content (AvgIpc) is 3.15. The lowest BCUT2D eigenvalue weighted by Crippen LogP contribution is -2.24. The van der Waals surface area contributed by atoms with Crippen LogP contribution in [0.5, 0.6) is 0 Å². The monoisotopic (exact) mass is 477 g/mol. The smallest absolute Gasteiger partial charge is 0.378 e. The summed E-state index contributed by atoms with van der Waals surface area (Å²) in [6.45, 7) is 8.35. The molecule has 33 heavy (non-hydrogen) atoms. The standard InChI is InChI=1S/C23H26F3N5OS/c1-5-31-19(13-27-18-11-7-10-17(12-18)23(24,25)26)29-30-22(31)33-16(4)21(32)28-20-14(2)8-6-9-15(20)3/h6-12,16,27H,5,13H2,1-4H3,(H,28,32). The Morgan fingerprint density at radius 1 is 1.12 bits per heavy atom. The van der Waals surface area contributed by atoms with Crippen LogP contribution < -0.4 is 10.6 Å². The van der Waals surface area contributed by atoms with Gasteiger partial charge in [-0.2, -0.15) is 13.2 Å². The Morgan fingerprint density at radius 3 is 2.42 bits per heavy atom. The third kappa shape index (κ3) is 6.07. The van der Waals surface area contributed by atoms with Gasteiger partial charge in [0, 0.05) is 17.9 Å². The molecule has 0 aliphatic heterocycles. The highest BCUT2D eigenvalue weighted by Crippen LogP contribution is 2.31. The maximum atomic E-state index is 12.9. The minimum absolute atomic E-state index is 0.147. The number of rotatable bonds is 8. The topological polar surface area (TPSA) is 71.8 Å². The van der Waals surface area contributed by atoms with Gasteiger partial charge in [-0.3, -0.25) is 4.79 Å². The fourth-order valence-corrected chi connectivity index (χ4v) is 4.22. The van der Waals surface area contributed by atoms with Crippen LogP contribution in [0.3, 0.4) is 0 Å². The molecule has 0 fully saturated rings. The lowest BCUT2D eigenvalue weighted by Gasteiger charge is -2.15. The maximum absolute atomic E-state index is 12.9. The number of para-hydroxylation sites is 1. The molecule has 176 valence electrons. The molecule has 2 aromatic carbocycles. The molecular formula is C23H26F3N5OS.